The van der Waals surface area contributed by atoms with E-state index in [-0.39, 0.29) is 6.04 Å². The fourth-order valence-electron chi connectivity index (χ4n) is 2.25. The maximum Gasteiger partial charge on any atom is 0.0713 e. The summed E-state index contributed by atoms with van der Waals surface area (Å²) in [4.78, 5) is 0. The molecule has 0 spiro atoms. The van der Waals surface area contributed by atoms with Gasteiger partial charge in [-0.2, -0.15) is 0 Å². The van der Waals surface area contributed by atoms with Crippen LogP contribution in [0.1, 0.15) is 33.9 Å². The van der Waals surface area contributed by atoms with E-state index in [1.807, 2.05) is 12.1 Å². The van der Waals surface area contributed by atoms with E-state index < -0.39 is 0 Å². The van der Waals surface area contributed by atoms with Crippen molar-refractivity contribution in [2.45, 2.75) is 26.8 Å². The summed E-state index contributed by atoms with van der Waals surface area (Å²) < 4.78 is 1.11. The van der Waals surface area contributed by atoms with E-state index in [0.29, 0.717) is 0 Å². The van der Waals surface area contributed by atoms with Gasteiger partial charge in [-0.3, -0.25) is 5.84 Å². The quantitative estimate of drug-likeness (QED) is 0.664. The Balaban J connectivity index is 2.50. The van der Waals surface area contributed by atoms with Crippen molar-refractivity contribution in [2.24, 2.45) is 5.84 Å². The normalized spacial score (nSPS) is 12.5. The van der Waals surface area contributed by atoms with Crippen molar-refractivity contribution in [3.63, 3.8) is 0 Å². The van der Waals surface area contributed by atoms with Crippen LogP contribution in [0.2, 0.25) is 0 Å². The zero-order chi connectivity index (χ0) is 14.0. The Morgan fingerprint density at radius 2 is 1.79 bits per heavy atom. The molecule has 0 amide bonds. The molecule has 0 saturated carbocycles. The standard InChI is InChI=1S/C16H19BrN2/c1-10-7-8-13(9-11(10)2)16(19-18)14-5-4-6-15(17)12(14)3/h4-9,16,19H,18H2,1-3H3. The van der Waals surface area contributed by atoms with Gasteiger partial charge in [-0.1, -0.05) is 46.3 Å². The van der Waals surface area contributed by atoms with Gasteiger partial charge in [-0.05, 0) is 54.7 Å². The third-order valence-electron chi connectivity index (χ3n) is 3.65. The first kappa shape index (κ1) is 14.3. The molecule has 19 heavy (non-hydrogen) atoms. The van der Waals surface area contributed by atoms with Crippen LogP contribution < -0.4 is 11.3 Å². The third-order valence-corrected chi connectivity index (χ3v) is 4.51. The highest BCUT2D eigenvalue weighted by Crippen LogP contribution is 2.29. The number of hydrazine groups is 1. The van der Waals surface area contributed by atoms with Gasteiger partial charge in [0, 0.05) is 4.47 Å². The zero-order valence-electron chi connectivity index (χ0n) is 11.5. The fraction of sp³-hybridized carbons (Fsp3) is 0.250. The number of nitrogens with two attached hydrogens (primary N) is 1. The number of hydrogen-bond acceptors (Lipinski definition) is 2. The van der Waals surface area contributed by atoms with Crippen molar-refractivity contribution in [1.29, 1.82) is 0 Å². The first-order valence-corrected chi connectivity index (χ1v) is 7.12. The molecule has 2 rings (SSSR count). The minimum Gasteiger partial charge on any atom is -0.271 e. The molecular formula is C16H19BrN2. The van der Waals surface area contributed by atoms with Gasteiger partial charge in [0.15, 0.2) is 0 Å². The number of aryl methyl sites for hydroxylation is 2. The van der Waals surface area contributed by atoms with E-state index in [2.05, 4.69) is 66.4 Å². The number of nitrogens with one attached hydrogen (secondary N) is 1. The molecule has 2 nitrogen and oxygen atoms in total. The topological polar surface area (TPSA) is 38.0 Å². The van der Waals surface area contributed by atoms with Crippen LogP contribution >= 0.6 is 15.9 Å². The molecule has 0 aliphatic heterocycles. The Kier molecular flexibility index (Phi) is 4.40. The molecule has 0 aromatic heterocycles. The predicted molar refractivity (Wildman–Crippen MR) is 84.0 cm³/mol. The summed E-state index contributed by atoms with van der Waals surface area (Å²) in [7, 11) is 0. The van der Waals surface area contributed by atoms with Crippen LogP contribution in [0.5, 0.6) is 0 Å². The third kappa shape index (κ3) is 2.89. The average Bonchev–Trinajstić information content (AvgIpc) is 2.39. The second kappa shape index (κ2) is 5.87. The van der Waals surface area contributed by atoms with Crippen molar-refractivity contribution in [3.8, 4) is 0 Å². The fourth-order valence-corrected chi connectivity index (χ4v) is 2.63. The highest BCUT2D eigenvalue weighted by molar-refractivity contribution is 9.10. The second-order valence-corrected chi connectivity index (χ2v) is 5.75. The Morgan fingerprint density at radius 1 is 1.05 bits per heavy atom. The van der Waals surface area contributed by atoms with E-state index >= 15 is 0 Å². The molecule has 0 bridgehead atoms. The summed E-state index contributed by atoms with van der Waals surface area (Å²) in [5, 5.41) is 0. The van der Waals surface area contributed by atoms with Crippen LogP contribution in [-0.2, 0) is 0 Å². The van der Waals surface area contributed by atoms with Crippen LogP contribution in [0.4, 0.5) is 0 Å². The minimum atomic E-state index is 0.0109. The van der Waals surface area contributed by atoms with Gasteiger partial charge in [-0.25, -0.2) is 5.43 Å². The lowest BCUT2D eigenvalue weighted by atomic mass is 9.93. The maximum atomic E-state index is 5.78. The molecule has 0 saturated heterocycles. The SMILES string of the molecule is Cc1ccc(C(NN)c2cccc(Br)c2C)cc1C. The molecule has 3 heteroatoms. The average molecular weight is 319 g/mol. The first-order chi connectivity index (χ1) is 9.04. The monoisotopic (exact) mass is 318 g/mol. The lowest BCUT2D eigenvalue weighted by Gasteiger charge is -2.20. The van der Waals surface area contributed by atoms with Gasteiger partial charge in [0.1, 0.15) is 0 Å². The number of hydrogen-bond donors (Lipinski definition) is 2. The Morgan fingerprint density at radius 3 is 2.42 bits per heavy atom. The summed E-state index contributed by atoms with van der Waals surface area (Å²) >= 11 is 3.57. The maximum absolute atomic E-state index is 5.78. The smallest absolute Gasteiger partial charge is 0.0713 e. The molecule has 1 unspecified atom stereocenters. The molecule has 0 aliphatic rings. The van der Waals surface area contributed by atoms with Crippen LogP contribution in [-0.4, -0.2) is 0 Å². The number of halogens is 1. The van der Waals surface area contributed by atoms with Gasteiger partial charge < -0.3 is 0 Å². The first-order valence-electron chi connectivity index (χ1n) is 6.33. The summed E-state index contributed by atoms with van der Waals surface area (Å²) in [5.41, 5.74) is 9.10. The van der Waals surface area contributed by atoms with Crippen LogP contribution in [0.3, 0.4) is 0 Å². The highest BCUT2D eigenvalue weighted by Gasteiger charge is 2.16. The highest BCUT2D eigenvalue weighted by atomic mass is 79.9. The Bertz CT molecular complexity index is 593. The van der Waals surface area contributed by atoms with Gasteiger partial charge in [0.2, 0.25) is 0 Å². The van der Waals surface area contributed by atoms with Crippen molar-refractivity contribution in [2.75, 3.05) is 0 Å². The molecular weight excluding hydrogens is 300 g/mol. The molecule has 0 aliphatic carbocycles. The van der Waals surface area contributed by atoms with Gasteiger partial charge in [0.25, 0.3) is 0 Å². The summed E-state index contributed by atoms with van der Waals surface area (Å²) in [5.74, 6) is 5.78. The predicted octanol–water partition coefficient (Wildman–Crippen LogP) is 3.93. The lowest BCUT2D eigenvalue weighted by Crippen LogP contribution is -2.29. The molecule has 0 heterocycles. The Labute approximate surface area is 123 Å². The molecule has 2 aromatic rings. The van der Waals surface area contributed by atoms with E-state index in [1.165, 1.54) is 27.8 Å². The van der Waals surface area contributed by atoms with E-state index in [4.69, 9.17) is 5.84 Å². The number of rotatable bonds is 3. The molecule has 1 atom stereocenters. The molecule has 3 N–H and O–H groups in total. The summed E-state index contributed by atoms with van der Waals surface area (Å²) in [6.07, 6.45) is 0. The van der Waals surface area contributed by atoms with E-state index in [9.17, 15) is 0 Å². The van der Waals surface area contributed by atoms with Crippen molar-refractivity contribution in [3.05, 3.63) is 68.7 Å². The number of benzene rings is 2. The van der Waals surface area contributed by atoms with Gasteiger partial charge in [-0.15, -0.1) is 0 Å². The lowest BCUT2D eigenvalue weighted by molar-refractivity contribution is 0.633. The zero-order valence-corrected chi connectivity index (χ0v) is 13.1. The van der Waals surface area contributed by atoms with Crippen LogP contribution in [0, 0.1) is 20.8 Å². The van der Waals surface area contributed by atoms with Crippen molar-refractivity contribution < 1.29 is 0 Å². The van der Waals surface area contributed by atoms with E-state index in [1.54, 1.807) is 0 Å². The molecule has 2 aromatic carbocycles. The van der Waals surface area contributed by atoms with Gasteiger partial charge in [0.05, 0.1) is 6.04 Å². The van der Waals surface area contributed by atoms with Gasteiger partial charge >= 0.3 is 0 Å². The van der Waals surface area contributed by atoms with Crippen LogP contribution in [0.25, 0.3) is 0 Å². The summed E-state index contributed by atoms with van der Waals surface area (Å²) in [6, 6.07) is 12.7. The second-order valence-electron chi connectivity index (χ2n) is 4.90. The largest absolute Gasteiger partial charge is 0.271 e. The molecule has 0 radical (unpaired) electrons. The Hall–Kier alpha value is -1.16. The molecule has 0 fully saturated rings. The van der Waals surface area contributed by atoms with E-state index in [0.717, 1.165) is 4.47 Å². The minimum absolute atomic E-state index is 0.0109. The van der Waals surface area contributed by atoms with Crippen molar-refractivity contribution >= 4 is 15.9 Å². The summed E-state index contributed by atoms with van der Waals surface area (Å²) in [6.45, 7) is 6.35. The molecule has 100 valence electrons. The van der Waals surface area contributed by atoms with Crippen molar-refractivity contribution in [1.82, 2.24) is 5.43 Å². The van der Waals surface area contributed by atoms with Crippen LogP contribution in [0.15, 0.2) is 40.9 Å².